The Morgan fingerprint density at radius 3 is 1.14 bits per heavy atom. The molecule has 0 rings (SSSR count). The van der Waals surface area contributed by atoms with Crippen LogP contribution in [0, 0.1) is 5.41 Å². The van der Waals surface area contributed by atoms with E-state index in [9.17, 15) is 0 Å². The van der Waals surface area contributed by atoms with Crippen LogP contribution in [0.5, 0.6) is 0 Å². The summed E-state index contributed by atoms with van der Waals surface area (Å²) in [5.74, 6) is 0. The van der Waals surface area contributed by atoms with Gasteiger partial charge in [0.05, 0.1) is 19.8 Å². The molecule has 4 N–H and O–H groups in total. The predicted octanol–water partition coefficient (Wildman–Crippen LogP) is -0.254. The van der Waals surface area contributed by atoms with Crippen molar-refractivity contribution in [3.05, 3.63) is 0 Å². The van der Waals surface area contributed by atoms with Gasteiger partial charge in [-0.3, -0.25) is 0 Å². The van der Waals surface area contributed by atoms with E-state index in [0.717, 1.165) is 6.42 Å². The molecule has 0 aliphatic carbocycles. The predicted molar refractivity (Wildman–Crippen MR) is 51.4 cm³/mol. The van der Waals surface area contributed by atoms with Crippen molar-refractivity contribution in [2.24, 2.45) is 5.41 Å². The van der Waals surface area contributed by atoms with Crippen LogP contribution in [0.4, 0.5) is 0 Å². The Kier molecular flexibility index (Phi) is 19.4. The molecule has 0 heterocycles. The molecule has 0 saturated heterocycles. The van der Waals surface area contributed by atoms with Crippen LogP contribution in [0.15, 0.2) is 0 Å². The number of aliphatic hydroxyl groups excluding tert-OH is 4. The molecule has 0 unspecified atom stereocenters. The third-order valence-electron chi connectivity index (χ3n) is 1.98. The van der Waals surface area contributed by atoms with Crippen molar-refractivity contribution < 1.29 is 42.1 Å². The quantitative estimate of drug-likeness (QED) is 0.501. The van der Waals surface area contributed by atoms with Crippen LogP contribution < -0.4 is 0 Å². The van der Waals surface area contributed by atoms with Crippen molar-refractivity contribution in [3.63, 3.8) is 0 Å². The fourth-order valence-electron chi connectivity index (χ4n) is 0.485. The minimum absolute atomic E-state index is 0. The third-order valence-corrected chi connectivity index (χ3v) is 1.98. The molecule has 0 bridgehead atoms. The molecule has 5 heteroatoms. The number of aliphatic hydroxyl groups is 4. The summed E-state index contributed by atoms with van der Waals surface area (Å²) in [5, 5.41) is 33.8. The van der Waals surface area contributed by atoms with Gasteiger partial charge >= 0.3 is 0 Å². The third kappa shape index (κ3) is 9.12. The maximum atomic E-state index is 8.66. The van der Waals surface area contributed by atoms with Crippen LogP contribution in [0.2, 0.25) is 0 Å². The van der Waals surface area contributed by atoms with Gasteiger partial charge in [0.2, 0.25) is 0 Å². The summed E-state index contributed by atoms with van der Waals surface area (Å²) in [6, 6.07) is 0. The smallest absolute Gasteiger partial charge is 0.0531 e. The summed E-state index contributed by atoms with van der Waals surface area (Å²) in [6.45, 7) is 3.60. The van der Waals surface area contributed by atoms with Gasteiger partial charge in [0.25, 0.3) is 0 Å². The van der Waals surface area contributed by atoms with Crippen LogP contribution in [-0.4, -0.2) is 46.9 Å². The Morgan fingerprint density at radius 1 is 0.857 bits per heavy atom. The largest absolute Gasteiger partial charge is 0.396 e. The number of rotatable bonds is 5. The molecule has 0 saturated carbocycles. The molecule has 0 atom stereocenters. The zero-order valence-electron chi connectivity index (χ0n) is 9.03. The van der Waals surface area contributed by atoms with E-state index in [1.165, 1.54) is 0 Å². The van der Waals surface area contributed by atoms with E-state index in [1.54, 1.807) is 0 Å². The Balaban J connectivity index is -0.000000209. The average molecular weight is 242 g/mol. The topological polar surface area (TPSA) is 80.9 Å². The van der Waals surface area contributed by atoms with E-state index in [4.69, 9.17) is 20.4 Å². The second kappa shape index (κ2) is 13.6. The van der Waals surface area contributed by atoms with Crippen LogP contribution in [-0.2, 0) is 21.7 Å². The van der Waals surface area contributed by atoms with Crippen molar-refractivity contribution >= 4 is 0 Å². The summed E-state index contributed by atoms with van der Waals surface area (Å²) in [7, 11) is 0. The van der Waals surface area contributed by atoms with Gasteiger partial charge in [-0.1, -0.05) is 13.8 Å². The average Bonchev–Trinajstić information content (AvgIpc) is 2.23. The van der Waals surface area contributed by atoms with Crippen molar-refractivity contribution in [1.29, 1.82) is 0 Å². The van der Waals surface area contributed by atoms with E-state index in [1.807, 2.05) is 13.8 Å². The van der Waals surface area contributed by atoms with Crippen LogP contribution >= 0.6 is 0 Å². The molecule has 86 valence electrons. The Bertz CT molecular complexity index is 77.3. The summed E-state index contributed by atoms with van der Waals surface area (Å²) < 4.78 is 0. The normalized spacial score (nSPS) is 9.86. The molecule has 14 heavy (non-hydrogen) atoms. The van der Waals surface area contributed by atoms with Crippen LogP contribution in [0.25, 0.3) is 0 Å². The minimum Gasteiger partial charge on any atom is -0.396 e. The van der Waals surface area contributed by atoms with E-state index < -0.39 is 5.41 Å². The Labute approximate surface area is 101 Å². The van der Waals surface area contributed by atoms with Crippen molar-refractivity contribution in [3.8, 4) is 0 Å². The first-order chi connectivity index (χ1) is 6.16. The fraction of sp³-hybridized carbons (Fsp3) is 1.00. The molecule has 0 radical (unpaired) electrons. The van der Waals surface area contributed by atoms with Gasteiger partial charge in [0.1, 0.15) is 0 Å². The van der Waals surface area contributed by atoms with Gasteiger partial charge in [-0.15, -0.1) is 0 Å². The first kappa shape index (κ1) is 20.0. The van der Waals surface area contributed by atoms with E-state index >= 15 is 0 Å². The molecule has 0 aromatic carbocycles. The molecule has 0 aliphatic heterocycles. The zero-order valence-corrected chi connectivity index (χ0v) is 10.6. The SMILES string of the molecule is CCC(CO)(CO)CO.CCCO.[Ti]. The molecule has 0 amide bonds. The van der Waals surface area contributed by atoms with Gasteiger partial charge in [-0.2, -0.15) is 0 Å². The van der Waals surface area contributed by atoms with Gasteiger partial charge in [0.15, 0.2) is 0 Å². The zero-order chi connectivity index (χ0) is 10.7. The summed E-state index contributed by atoms with van der Waals surface area (Å²) in [6.07, 6.45) is 1.47. The number of hydrogen-bond donors (Lipinski definition) is 4. The summed E-state index contributed by atoms with van der Waals surface area (Å²) in [5.41, 5.74) is -0.667. The molecule has 0 fully saturated rings. The maximum Gasteiger partial charge on any atom is 0.0531 e. The maximum absolute atomic E-state index is 8.66. The standard InChI is InChI=1S/C6H14O3.C3H8O.Ti/c1-2-6(3-7,4-8)5-9;1-2-3-4;/h7-9H,2-5H2,1H3;4H,2-3H2,1H3;. The molecule has 0 aromatic rings. The van der Waals surface area contributed by atoms with E-state index in [2.05, 4.69) is 0 Å². The van der Waals surface area contributed by atoms with Gasteiger partial charge in [0, 0.05) is 33.7 Å². The Morgan fingerprint density at radius 2 is 1.14 bits per heavy atom. The second-order valence-corrected chi connectivity index (χ2v) is 3.05. The van der Waals surface area contributed by atoms with E-state index in [-0.39, 0.29) is 41.5 Å². The van der Waals surface area contributed by atoms with Gasteiger partial charge in [-0.05, 0) is 12.8 Å². The van der Waals surface area contributed by atoms with Crippen LogP contribution in [0.1, 0.15) is 26.7 Å². The molecule has 0 aromatic heterocycles. The van der Waals surface area contributed by atoms with Crippen LogP contribution in [0.3, 0.4) is 0 Å². The molecular formula is C9H22O4Ti. The monoisotopic (exact) mass is 242 g/mol. The van der Waals surface area contributed by atoms with Gasteiger partial charge in [-0.25, -0.2) is 0 Å². The van der Waals surface area contributed by atoms with Crippen molar-refractivity contribution in [1.82, 2.24) is 0 Å². The Hall–Kier alpha value is 0.554. The first-order valence-electron chi connectivity index (χ1n) is 4.59. The fourth-order valence-corrected chi connectivity index (χ4v) is 0.485. The minimum atomic E-state index is -0.667. The number of hydrogen-bond acceptors (Lipinski definition) is 4. The summed E-state index contributed by atoms with van der Waals surface area (Å²) in [4.78, 5) is 0. The van der Waals surface area contributed by atoms with Crippen molar-refractivity contribution in [2.45, 2.75) is 26.7 Å². The second-order valence-electron chi connectivity index (χ2n) is 3.05. The molecule has 0 aliphatic rings. The molecule has 0 spiro atoms. The van der Waals surface area contributed by atoms with Crippen molar-refractivity contribution in [2.75, 3.05) is 26.4 Å². The first-order valence-corrected chi connectivity index (χ1v) is 4.59. The summed E-state index contributed by atoms with van der Waals surface area (Å²) >= 11 is 0. The van der Waals surface area contributed by atoms with Gasteiger partial charge < -0.3 is 20.4 Å². The molecule has 4 nitrogen and oxygen atoms in total. The molecular weight excluding hydrogens is 220 g/mol. The van der Waals surface area contributed by atoms with E-state index in [0.29, 0.717) is 13.0 Å².